The number of rotatable bonds is 45. The Bertz CT molecular complexity index is 1170. The van der Waals surface area contributed by atoms with E-state index in [0.717, 1.165) is 44.5 Å². The van der Waals surface area contributed by atoms with E-state index in [1.165, 1.54) is 203 Å². The molecule has 0 aliphatic heterocycles. The van der Waals surface area contributed by atoms with Gasteiger partial charge in [-0.1, -0.05) is 197 Å². The van der Waals surface area contributed by atoms with E-state index in [-0.39, 0.29) is 19.2 Å². The Balaban J connectivity index is 1.22. The molecule has 2 heterocycles. The first-order chi connectivity index (χ1) is 28.7. The minimum absolute atomic E-state index is 0.0268. The average molecular weight is 849 g/mol. The highest BCUT2D eigenvalue weighted by atomic mass is 32.2. The van der Waals surface area contributed by atoms with Crippen LogP contribution in [0.25, 0.3) is 0 Å². The molecule has 2 aromatic rings. The summed E-state index contributed by atoms with van der Waals surface area (Å²) in [4.78, 5) is 12.2. The minimum atomic E-state index is -0.110. The lowest BCUT2D eigenvalue weighted by Gasteiger charge is -2.05. The standard InChI is InChI=1S/C47H88N6O3S2/c1-2-3-4-5-6-7-8-9-10-11-12-15-20-25-30-35-47(55)56-43-46-41-53(51-49-46)37-32-27-22-17-14-19-24-29-34-39-58-44-57-38-33-28-23-18-13-16-21-26-31-36-52-40-45(42-54)48-50-52/h40-41,54H,2-39,42-44H2,1H3. The summed E-state index contributed by atoms with van der Waals surface area (Å²) in [5, 5.41) is 26.7. The predicted octanol–water partition coefficient (Wildman–Crippen LogP) is 13.8. The lowest BCUT2D eigenvalue weighted by Crippen LogP contribution is -2.04. The third-order valence-electron chi connectivity index (χ3n) is 11.2. The second-order valence-electron chi connectivity index (χ2n) is 16.8. The van der Waals surface area contributed by atoms with Crippen LogP contribution in [0.2, 0.25) is 0 Å². The van der Waals surface area contributed by atoms with Crippen molar-refractivity contribution >= 4 is 29.5 Å². The van der Waals surface area contributed by atoms with Crippen LogP contribution in [-0.4, -0.2) is 57.7 Å². The van der Waals surface area contributed by atoms with Crippen LogP contribution in [0.3, 0.4) is 0 Å². The largest absolute Gasteiger partial charge is 0.459 e. The second-order valence-corrected chi connectivity index (χ2v) is 19.3. The van der Waals surface area contributed by atoms with Crippen molar-refractivity contribution < 1.29 is 14.6 Å². The summed E-state index contributed by atoms with van der Waals surface area (Å²) in [7, 11) is 0. The van der Waals surface area contributed by atoms with Crippen LogP contribution >= 0.6 is 23.5 Å². The van der Waals surface area contributed by atoms with Crippen molar-refractivity contribution in [3.8, 4) is 0 Å². The molecule has 0 saturated heterocycles. The second kappa shape index (κ2) is 40.8. The zero-order valence-electron chi connectivity index (χ0n) is 37.4. The van der Waals surface area contributed by atoms with E-state index in [1.54, 1.807) is 0 Å². The number of aryl methyl sites for hydroxylation is 2. The van der Waals surface area contributed by atoms with Crippen LogP contribution in [0.1, 0.15) is 237 Å². The lowest BCUT2D eigenvalue weighted by molar-refractivity contribution is -0.145. The van der Waals surface area contributed by atoms with E-state index >= 15 is 0 Å². The van der Waals surface area contributed by atoms with Gasteiger partial charge in [0.1, 0.15) is 18.0 Å². The highest BCUT2D eigenvalue weighted by Crippen LogP contribution is 2.19. The molecule has 0 aliphatic carbocycles. The molecule has 0 aliphatic rings. The average Bonchev–Trinajstić information content (AvgIpc) is 3.91. The maximum atomic E-state index is 12.2. The topological polar surface area (TPSA) is 108 Å². The van der Waals surface area contributed by atoms with E-state index in [0.29, 0.717) is 12.1 Å². The number of nitrogens with zero attached hydrogens (tertiary/aromatic N) is 6. The third-order valence-corrected chi connectivity index (χ3v) is 13.7. The van der Waals surface area contributed by atoms with Crippen molar-refractivity contribution in [1.82, 2.24) is 30.0 Å². The molecule has 58 heavy (non-hydrogen) atoms. The van der Waals surface area contributed by atoms with Crippen LogP contribution in [-0.2, 0) is 35.8 Å². The predicted molar refractivity (Wildman–Crippen MR) is 248 cm³/mol. The minimum Gasteiger partial charge on any atom is -0.459 e. The Morgan fingerprint density at radius 2 is 0.879 bits per heavy atom. The number of aliphatic hydroxyl groups excluding tert-OH is 1. The number of aromatic nitrogens is 6. The van der Waals surface area contributed by atoms with Crippen molar-refractivity contribution in [3.05, 3.63) is 23.8 Å². The number of carbonyl (C=O) groups is 1. The molecule has 11 heteroatoms. The first kappa shape index (κ1) is 52.5. The summed E-state index contributed by atoms with van der Waals surface area (Å²) in [6, 6.07) is 0. The fourth-order valence-corrected chi connectivity index (χ4v) is 9.74. The van der Waals surface area contributed by atoms with E-state index in [4.69, 9.17) is 9.84 Å². The normalized spacial score (nSPS) is 11.6. The summed E-state index contributed by atoms with van der Waals surface area (Å²) in [5.74, 6) is 2.53. The summed E-state index contributed by atoms with van der Waals surface area (Å²) >= 11 is 4.27. The molecule has 0 spiro atoms. The molecule has 2 aromatic heterocycles. The molecule has 9 nitrogen and oxygen atoms in total. The number of carbonyl (C=O) groups excluding carboxylic acids is 1. The maximum absolute atomic E-state index is 12.2. The van der Waals surface area contributed by atoms with Crippen LogP contribution in [0, 0.1) is 0 Å². The van der Waals surface area contributed by atoms with Gasteiger partial charge in [-0.15, -0.1) is 10.2 Å². The molecule has 0 saturated carbocycles. The number of unbranched alkanes of at least 4 members (excludes halogenated alkanes) is 30. The zero-order chi connectivity index (χ0) is 41.2. The van der Waals surface area contributed by atoms with Gasteiger partial charge in [0.2, 0.25) is 0 Å². The Kier molecular flexibility index (Phi) is 37.0. The van der Waals surface area contributed by atoms with Crippen molar-refractivity contribution in [2.45, 2.75) is 252 Å². The molecule has 0 bridgehead atoms. The summed E-state index contributed by atoms with van der Waals surface area (Å²) in [6.45, 7) is 4.29. The molecule has 0 amide bonds. The molecule has 0 radical (unpaired) electrons. The number of aliphatic hydroxyl groups is 1. The molecule has 0 unspecified atom stereocenters. The van der Waals surface area contributed by atoms with Crippen molar-refractivity contribution in [2.24, 2.45) is 0 Å². The third kappa shape index (κ3) is 33.2. The first-order valence-electron chi connectivity index (χ1n) is 24.4. The van der Waals surface area contributed by atoms with E-state index < -0.39 is 0 Å². The monoisotopic (exact) mass is 849 g/mol. The van der Waals surface area contributed by atoms with Gasteiger partial charge in [-0.25, -0.2) is 0 Å². The van der Waals surface area contributed by atoms with Gasteiger partial charge >= 0.3 is 5.97 Å². The Labute approximate surface area is 364 Å². The van der Waals surface area contributed by atoms with E-state index in [9.17, 15) is 4.79 Å². The summed E-state index contributed by atoms with van der Waals surface area (Å²) < 4.78 is 9.21. The molecule has 0 fully saturated rings. The molecule has 2 rings (SSSR count). The van der Waals surface area contributed by atoms with Gasteiger partial charge in [0.15, 0.2) is 0 Å². The highest BCUT2D eigenvalue weighted by molar-refractivity contribution is 8.15. The van der Waals surface area contributed by atoms with E-state index in [2.05, 4.69) is 51.1 Å². The van der Waals surface area contributed by atoms with Gasteiger partial charge in [0.05, 0.1) is 19.0 Å². The van der Waals surface area contributed by atoms with Gasteiger partial charge in [0.25, 0.3) is 0 Å². The van der Waals surface area contributed by atoms with Crippen LogP contribution in [0.5, 0.6) is 0 Å². The molecule has 0 aromatic carbocycles. The van der Waals surface area contributed by atoms with E-state index in [1.807, 2.05) is 21.8 Å². The van der Waals surface area contributed by atoms with Gasteiger partial charge in [-0.05, 0) is 43.6 Å². The smallest absolute Gasteiger partial charge is 0.306 e. The molecule has 0 atom stereocenters. The van der Waals surface area contributed by atoms with Crippen LogP contribution in [0.4, 0.5) is 0 Å². The zero-order valence-corrected chi connectivity index (χ0v) is 39.0. The summed E-state index contributed by atoms with van der Waals surface area (Å²) in [6.07, 6.45) is 48.0. The number of thioether (sulfide) groups is 2. The maximum Gasteiger partial charge on any atom is 0.306 e. The fourth-order valence-electron chi connectivity index (χ4n) is 7.51. The Morgan fingerprint density at radius 3 is 1.29 bits per heavy atom. The number of esters is 1. The van der Waals surface area contributed by atoms with Gasteiger partial charge < -0.3 is 9.84 Å². The molecule has 336 valence electrons. The van der Waals surface area contributed by atoms with Gasteiger partial charge in [-0.3, -0.25) is 14.2 Å². The van der Waals surface area contributed by atoms with Gasteiger partial charge in [-0.2, -0.15) is 23.5 Å². The fraction of sp³-hybridized carbons (Fsp3) is 0.894. The first-order valence-corrected chi connectivity index (χ1v) is 26.7. The van der Waals surface area contributed by atoms with Crippen LogP contribution in [0.15, 0.2) is 12.4 Å². The van der Waals surface area contributed by atoms with Gasteiger partial charge in [0, 0.05) is 24.6 Å². The lowest BCUT2D eigenvalue weighted by atomic mass is 10.0. The molecule has 1 N–H and O–H groups in total. The van der Waals surface area contributed by atoms with Crippen LogP contribution < -0.4 is 0 Å². The number of hydrogen-bond donors (Lipinski definition) is 1. The molecular formula is C47H88N6O3S2. The highest BCUT2D eigenvalue weighted by Gasteiger charge is 2.07. The Hall–Kier alpha value is -1.59. The SMILES string of the molecule is CCCCCCCCCCCCCCCCCC(=O)OCc1cn(CCCCCCCCCCCSCSCCCCCCCCCCCn2cc(CO)nn2)nn1. The Morgan fingerprint density at radius 1 is 0.517 bits per heavy atom. The van der Waals surface area contributed by atoms with Crippen molar-refractivity contribution in [3.63, 3.8) is 0 Å². The van der Waals surface area contributed by atoms with Crippen molar-refractivity contribution in [1.29, 1.82) is 0 Å². The molecular weight excluding hydrogens is 761 g/mol. The van der Waals surface area contributed by atoms with Crippen molar-refractivity contribution in [2.75, 3.05) is 16.6 Å². The quantitative estimate of drug-likeness (QED) is 0.0396. The number of hydrogen-bond acceptors (Lipinski definition) is 9. The number of ether oxygens (including phenoxy) is 1. The summed E-state index contributed by atoms with van der Waals surface area (Å²) in [5.41, 5.74) is 1.40.